The molecule has 0 aliphatic carbocycles. The summed E-state index contributed by atoms with van der Waals surface area (Å²) in [6, 6.07) is 14.7. The van der Waals surface area contributed by atoms with Crippen molar-refractivity contribution in [1.29, 1.82) is 0 Å². The predicted octanol–water partition coefficient (Wildman–Crippen LogP) is 4.30. The van der Waals surface area contributed by atoms with E-state index in [4.69, 9.17) is 4.74 Å². The van der Waals surface area contributed by atoms with Crippen molar-refractivity contribution in [3.63, 3.8) is 0 Å². The molecule has 1 atom stereocenters. The topological polar surface area (TPSA) is 53.0 Å². The van der Waals surface area contributed by atoms with Crippen LogP contribution >= 0.6 is 24.0 Å². The van der Waals surface area contributed by atoms with Gasteiger partial charge in [-0.05, 0) is 48.9 Å². The molecule has 2 aromatic rings. The van der Waals surface area contributed by atoms with E-state index in [9.17, 15) is 0 Å². The van der Waals surface area contributed by atoms with Gasteiger partial charge in [-0.3, -0.25) is 4.99 Å². The summed E-state index contributed by atoms with van der Waals surface area (Å²) in [5.74, 6) is 2.63. The normalized spacial score (nSPS) is 19.0. The molecule has 2 aliphatic heterocycles. The van der Waals surface area contributed by atoms with E-state index in [1.54, 1.807) is 0 Å². The fourth-order valence-corrected chi connectivity index (χ4v) is 4.46. The van der Waals surface area contributed by atoms with Gasteiger partial charge in [0.1, 0.15) is 5.82 Å². The lowest BCUT2D eigenvalue weighted by Crippen LogP contribution is -2.40. The van der Waals surface area contributed by atoms with Crippen LogP contribution in [0.3, 0.4) is 0 Å². The molecule has 2 aliphatic rings. The Morgan fingerprint density at radius 2 is 1.91 bits per heavy atom. The number of hydrogen-bond donors (Lipinski definition) is 1. The Balaban J connectivity index is 0.00000289. The zero-order valence-electron chi connectivity index (χ0n) is 19.1. The van der Waals surface area contributed by atoms with Crippen LogP contribution in [-0.4, -0.2) is 55.7 Å². The van der Waals surface area contributed by atoms with Gasteiger partial charge >= 0.3 is 0 Å². The first-order valence-electron chi connectivity index (χ1n) is 11.6. The first kappa shape index (κ1) is 24.8. The number of likely N-dealkylation sites (tertiary alicyclic amines) is 1. The number of anilines is 1. The second kappa shape index (κ2) is 13.0. The number of aromatic nitrogens is 1. The Kier molecular flexibility index (Phi) is 10.1. The van der Waals surface area contributed by atoms with E-state index < -0.39 is 0 Å². The maximum Gasteiger partial charge on any atom is 0.193 e. The van der Waals surface area contributed by atoms with Crippen LogP contribution in [0.25, 0.3) is 0 Å². The molecule has 32 heavy (non-hydrogen) atoms. The molecule has 6 nitrogen and oxygen atoms in total. The summed E-state index contributed by atoms with van der Waals surface area (Å²) in [6.07, 6.45) is 6.94. The lowest BCUT2D eigenvalue weighted by Gasteiger charge is -2.28. The molecule has 4 rings (SSSR count). The highest BCUT2D eigenvalue weighted by Gasteiger charge is 2.25. The van der Waals surface area contributed by atoms with Crippen molar-refractivity contribution in [2.45, 2.75) is 38.8 Å². The molecule has 0 saturated carbocycles. The van der Waals surface area contributed by atoms with Crippen LogP contribution in [0.5, 0.6) is 0 Å². The average Bonchev–Trinajstić information content (AvgIpc) is 3.30. The molecule has 3 heterocycles. The first-order chi connectivity index (χ1) is 15.3. The quantitative estimate of drug-likeness (QED) is 0.317. The number of nitrogens with zero attached hydrogens (tertiary/aromatic N) is 4. The number of ether oxygens (including phenoxy) is 1. The second-order valence-electron chi connectivity index (χ2n) is 8.57. The van der Waals surface area contributed by atoms with E-state index in [1.807, 2.05) is 19.3 Å². The summed E-state index contributed by atoms with van der Waals surface area (Å²) >= 11 is 0. The summed E-state index contributed by atoms with van der Waals surface area (Å²) < 4.78 is 5.97. The Morgan fingerprint density at radius 1 is 1.09 bits per heavy atom. The zero-order valence-corrected chi connectivity index (χ0v) is 21.4. The van der Waals surface area contributed by atoms with Gasteiger partial charge in [-0.2, -0.15) is 0 Å². The molecule has 174 valence electrons. The fourth-order valence-electron chi connectivity index (χ4n) is 4.46. The maximum atomic E-state index is 5.97. The Morgan fingerprint density at radius 3 is 2.69 bits per heavy atom. The summed E-state index contributed by atoms with van der Waals surface area (Å²) in [6.45, 7) is 6.50. The molecule has 2 saturated heterocycles. The van der Waals surface area contributed by atoms with Gasteiger partial charge in [-0.25, -0.2) is 4.98 Å². The number of aliphatic imine (C=N–C) groups is 1. The molecular formula is C25H36IN5O. The molecule has 2 fully saturated rings. The summed E-state index contributed by atoms with van der Waals surface area (Å²) in [5, 5.41) is 3.55. The highest BCUT2D eigenvalue weighted by atomic mass is 127. The van der Waals surface area contributed by atoms with E-state index >= 15 is 0 Å². The second-order valence-corrected chi connectivity index (χ2v) is 8.57. The predicted molar refractivity (Wildman–Crippen MR) is 142 cm³/mol. The van der Waals surface area contributed by atoms with Gasteiger partial charge < -0.3 is 19.9 Å². The van der Waals surface area contributed by atoms with Gasteiger partial charge in [0.15, 0.2) is 5.96 Å². The molecule has 1 aromatic carbocycles. The van der Waals surface area contributed by atoms with Crippen LogP contribution in [0.1, 0.15) is 36.8 Å². The van der Waals surface area contributed by atoms with Crippen molar-refractivity contribution in [3.8, 4) is 0 Å². The van der Waals surface area contributed by atoms with Crippen LogP contribution < -0.4 is 10.2 Å². The monoisotopic (exact) mass is 549 g/mol. The van der Waals surface area contributed by atoms with Crippen LogP contribution in [0, 0.1) is 5.92 Å². The van der Waals surface area contributed by atoms with E-state index in [1.165, 1.54) is 30.4 Å². The van der Waals surface area contributed by atoms with Gasteiger partial charge in [0.05, 0.1) is 13.2 Å². The third-order valence-electron chi connectivity index (χ3n) is 6.20. The number of halogens is 1. The third-order valence-corrected chi connectivity index (χ3v) is 6.20. The highest BCUT2D eigenvalue weighted by Crippen LogP contribution is 2.19. The minimum absolute atomic E-state index is 0. The van der Waals surface area contributed by atoms with Crippen molar-refractivity contribution in [2.24, 2.45) is 10.9 Å². The van der Waals surface area contributed by atoms with Crippen LogP contribution in [-0.2, 0) is 17.9 Å². The van der Waals surface area contributed by atoms with Crippen LogP contribution in [0.15, 0.2) is 53.7 Å². The van der Waals surface area contributed by atoms with Gasteiger partial charge in [0, 0.05) is 51.9 Å². The smallest absolute Gasteiger partial charge is 0.193 e. The van der Waals surface area contributed by atoms with Crippen molar-refractivity contribution in [1.82, 2.24) is 15.2 Å². The number of hydrogen-bond acceptors (Lipinski definition) is 4. The highest BCUT2D eigenvalue weighted by molar-refractivity contribution is 14.0. The van der Waals surface area contributed by atoms with Crippen molar-refractivity contribution >= 4 is 35.8 Å². The van der Waals surface area contributed by atoms with E-state index in [0.717, 1.165) is 57.5 Å². The molecule has 1 N–H and O–H groups in total. The van der Waals surface area contributed by atoms with E-state index in [2.05, 4.69) is 61.5 Å². The molecule has 0 amide bonds. The number of guanidine groups is 1. The van der Waals surface area contributed by atoms with E-state index in [-0.39, 0.29) is 24.0 Å². The number of piperidine rings is 1. The summed E-state index contributed by atoms with van der Waals surface area (Å²) in [5.41, 5.74) is 2.48. The van der Waals surface area contributed by atoms with Gasteiger partial charge in [0.2, 0.25) is 0 Å². The molecule has 0 spiro atoms. The number of rotatable bonds is 7. The number of nitrogens with one attached hydrogen (secondary N) is 1. The average molecular weight is 550 g/mol. The maximum absolute atomic E-state index is 5.97. The van der Waals surface area contributed by atoms with Crippen molar-refractivity contribution < 1.29 is 4.74 Å². The van der Waals surface area contributed by atoms with Crippen molar-refractivity contribution in [2.75, 3.05) is 44.7 Å². The third kappa shape index (κ3) is 7.07. The largest absolute Gasteiger partial charge is 0.376 e. The number of pyridine rings is 1. The fraction of sp³-hybridized carbons (Fsp3) is 0.520. The van der Waals surface area contributed by atoms with Gasteiger partial charge in [0.25, 0.3) is 0 Å². The lowest BCUT2D eigenvalue weighted by atomic mass is 10.1. The lowest BCUT2D eigenvalue weighted by molar-refractivity contribution is 0.0906. The number of benzene rings is 1. The van der Waals surface area contributed by atoms with Crippen molar-refractivity contribution in [3.05, 3.63) is 59.8 Å². The molecule has 1 unspecified atom stereocenters. The standard InChI is InChI=1S/C25H35N5O.HI/c1-26-25(28-17-22-10-12-27-24(16-22)29-13-6-3-7-14-29)30-15-11-23(18-30)20-31-19-21-8-4-2-5-9-21;/h2,4-5,8-10,12,16,23H,3,6-7,11,13-15,17-20H2,1H3,(H,26,28);1H. The Bertz CT molecular complexity index is 841. The van der Waals surface area contributed by atoms with E-state index in [0.29, 0.717) is 12.5 Å². The van der Waals surface area contributed by atoms with Gasteiger partial charge in [-0.15, -0.1) is 24.0 Å². The first-order valence-corrected chi connectivity index (χ1v) is 11.6. The van der Waals surface area contributed by atoms with Gasteiger partial charge in [-0.1, -0.05) is 30.3 Å². The minimum Gasteiger partial charge on any atom is -0.376 e. The zero-order chi connectivity index (χ0) is 21.3. The SMILES string of the molecule is CN=C(NCc1ccnc(N2CCCCC2)c1)N1CCC(COCc2ccccc2)C1.I. The molecule has 0 bridgehead atoms. The Labute approximate surface area is 209 Å². The minimum atomic E-state index is 0. The van der Waals surface area contributed by atoms with Crippen LogP contribution in [0.4, 0.5) is 5.82 Å². The van der Waals surface area contributed by atoms with Crippen LogP contribution in [0.2, 0.25) is 0 Å². The molecule has 0 radical (unpaired) electrons. The Hall–Kier alpha value is -1.87. The summed E-state index contributed by atoms with van der Waals surface area (Å²) in [4.78, 5) is 13.9. The summed E-state index contributed by atoms with van der Waals surface area (Å²) in [7, 11) is 1.87. The molecule has 7 heteroatoms. The molecular weight excluding hydrogens is 513 g/mol. The molecule has 1 aromatic heterocycles.